The summed E-state index contributed by atoms with van der Waals surface area (Å²) in [5, 5.41) is 2.93. The summed E-state index contributed by atoms with van der Waals surface area (Å²) < 4.78 is 10.2. The molecular formula is C26H28N2O4. The second kappa shape index (κ2) is 12.3. The van der Waals surface area contributed by atoms with Crippen molar-refractivity contribution in [3.05, 3.63) is 96.1 Å². The van der Waals surface area contributed by atoms with Crippen LogP contribution < -0.4 is 10.1 Å². The molecule has 0 fully saturated rings. The van der Waals surface area contributed by atoms with E-state index >= 15 is 0 Å². The monoisotopic (exact) mass is 432 g/mol. The van der Waals surface area contributed by atoms with Crippen molar-refractivity contribution in [3.63, 3.8) is 0 Å². The Morgan fingerprint density at radius 1 is 0.812 bits per heavy atom. The molecule has 0 radical (unpaired) electrons. The van der Waals surface area contributed by atoms with E-state index in [1.54, 1.807) is 31.2 Å². The van der Waals surface area contributed by atoms with Crippen LogP contribution in [0.25, 0.3) is 0 Å². The van der Waals surface area contributed by atoms with Gasteiger partial charge in [0.1, 0.15) is 5.75 Å². The average molecular weight is 433 g/mol. The van der Waals surface area contributed by atoms with Crippen LogP contribution >= 0.6 is 0 Å². The third kappa shape index (κ3) is 7.89. The number of hydrogen-bond donors (Lipinski definition) is 1. The van der Waals surface area contributed by atoms with Crippen LogP contribution in [0.4, 0.5) is 5.69 Å². The van der Waals surface area contributed by atoms with Crippen LogP contribution in [-0.4, -0.2) is 36.5 Å². The molecule has 0 aromatic heterocycles. The predicted molar refractivity (Wildman–Crippen MR) is 124 cm³/mol. The third-order valence-electron chi connectivity index (χ3n) is 4.67. The van der Waals surface area contributed by atoms with E-state index in [-0.39, 0.29) is 19.1 Å². The van der Waals surface area contributed by atoms with E-state index in [0.29, 0.717) is 31.1 Å². The minimum atomic E-state index is -0.415. The van der Waals surface area contributed by atoms with Gasteiger partial charge in [-0.2, -0.15) is 0 Å². The first-order valence-electron chi connectivity index (χ1n) is 10.6. The molecule has 1 amide bonds. The van der Waals surface area contributed by atoms with E-state index in [4.69, 9.17) is 9.47 Å². The van der Waals surface area contributed by atoms with Gasteiger partial charge >= 0.3 is 5.97 Å². The van der Waals surface area contributed by atoms with Crippen LogP contribution in [0, 0.1) is 0 Å². The molecule has 0 bridgehead atoms. The van der Waals surface area contributed by atoms with Crippen molar-refractivity contribution in [1.29, 1.82) is 0 Å². The van der Waals surface area contributed by atoms with Crippen molar-refractivity contribution < 1.29 is 19.1 Å². The normalized spacial score (nSPS) is 10.6. The van der Waals surface area contributed by atoms with Crippen molar-refractivity contribution >= 4 is 17.6 Å². The van der Waals surface area contributed by atoms with E-state index in [1.807, 2.05) is 36.4 Å². The first kappa shape index (κ1) is 23.0. The zero-order chi connectivity index (χ0) is 22.6. The Bertz CT molecular complexity index is 934. The smallest absolute Gasteiger partial charge is 0.344 e. The topological polar surface area (TPSA) is 67.9 Å². The summed E-state index contributed by atoms with van der Waals surface area (Å²) >= 11 is 0. The molecular weight excluding hydrogens is 404 g/mol. The van der Waals surface area contributed by atoms with Gasteiger partial charge in [0.05, 0.1) is 13.2 Å². The molecule has 6 nitrogen and oxygen atoms in total. The number of carbonyl (C=O) groups is 2. The summed E-state index contributed by atoms with van der Waals surface area (Å²) in [5.41, 5.74) is 2.97. The van der Waals surface area contributed by atoms with Crippen molar-refractivity contribution in [1.82, 2.24) is 4.90 Å². The minimum Gasteiger partial charge on any atom is -0.482 e. The van der Waals surface area contributed by atoms with Gasteiger partial charge in [-0.1, -0.05) is 60.7 Å². The van der Waals surface area contributed by atoms with Gasteiger partial charge < -0.3 is 14.8 Å². The number of benzene rings is 3. The van der Waals surface area contributed by atoms with Gasteiger partial charge in [0.2, 0.25) is 5.91 Å². The van der Waals surface area contributed by atoms with Crippen LogP contribution in [0.2, 0.25) is 0 Å². The molecule has 0 saturated carbocycles. The number of amides is 1. The van der Waals surface area contributed by atoms with Gasteiger partial charge in [0.15, 0.2) is 6.61 Å². The van der Waals surface area contributed by atoms with Gasteiger partial charge in [-0.3, -0.25) is 9.69 Å². The lowest BCUT2D eigenvalue weighted by molar-refractivity contribution is -0.145. The number of esters is 1. The lowest BCUT2D eigenvalue weighted by atomic mass is 10.1. The molecule has 0 heterocycles. The van der Waals surface area contributed by atoms with Crippen LogP contribution in [0.15, 0.2) is 84.9 Å². The van der Waals surface area contributed by atoms with E-state index in [9.17, 15) is 9.59 Å². The molecule has 0 spiro atoms. The maximum absolute atomic E-state index is 12.7. The molecule has 166 valence electrons. The van der Waals surface area contributed by atoms with Gasteiger partial charge in [-0.25, -0.2) is 4.79 Å². The maximum atomic E-state index is 12.7. The molecule has 1 N–H and O–H groups in total. The molecule has 0 saturated heterocycles. The van der Waals surface area contributed by atoms with Crippen LogP contribution in [0.3, 0.4) is 0 Å². The summed E-state index contributed by atoms with van der Waals surface area (Å²) in [6, 6.07) is 27.1. The maximum Gasteiger partial charge on any atom is 0.344 e. The van der Waals surface area contributed by atoms with Gasteiger partial charge in [-0.05, 0) is 42.3 Å². The molecule has 6 heteroatoms. The zero-order valence-corrected chi connectivity index (χ0v) is 18.2. The van der Waals surface area contributed by atoms with E-state index < -0.39 is 5.97 Å². The van der Waals surface area contributed by atoms with Gasteiger partial charge in [0, 0.05) is 18.8 Å². The SMILES string of the molecule is CCOC(=O)COc1ccc(NC(=O)CN(Cc2ccccc2)Cc2ccccc2)cc1. The predicted octanol–water partition coefficient (Wildman–Crippen LogP) is 4.27. The molecule has 3 aromatic carbocycles. The number of hydrogen-bond acceptors (Lipinski definition) is 5. The highest BCUT2D eigenvalue weighted by atomic mass is 16.6. The first-order valence-corrected chi connectivity index (χ1v) is 10.6. The fourth-order valence-electron chi connectivity index (χ4n) is 3.23. The Morgan fingerprint density at radius 3 is 1.91 bits per heavy atom. The van der Waals surface area contributed by atoms with Crippen LogP contribution in [0.5, 0.6) is 5.75 Å². The summed E-state index contributed by atoms with van der Waals surface area (Å²) in [6.45, 7) is 3.51. The Kier molecular flexibility index (Phi) is 8.83. The van der Waals surface area contributed by atoms with Gasteiger partial charge in [0.25, 0.3) is 0 Å². The standard InChI is InChI=1S/C26H28N2O4/c1-2-31-26(30)20-32-24-15-13-23(14-16-24)27-25(29)19-28(17-21-9-5-3-6-10-21)18-22-11-7-4-8-12-22/h3-16H,2,17-20H2,1H3,(H,27,29). The number of carbonyl (C=O) groups excluding carboxylic acids is 2. The lowest BCUT2D eigenvalue weighted by Crippen LogP contribution is -2.32. The highest BCUT2D eigenvalue weighted by molar-refractivity contribution is 5.92. The van der Waals surface area contributed by atoms with Crippen molar-refractivity contribution in [2.75, 3.05) is 25.1 Å². The molecule has 0 unspecified atom stereocenters. The highest BCUT2D eigenvalue weighted by Gasteiger charge is 2.13. The number of anilines is 1. The third-order valence-corrected chi connectivity index (χ3v) is 4.67. The number of nitrogens with zero attached hydrogens (tertiary/aromatic N) is 1. The zero-order valence-electron chi connectivity index (χ0n) is 18.2. The molecule has 0 aliphatic carbocycles. The molecule has 3 rings (SSSR count). The highest BCUT2D eigenvalue weighted by Crippen LogP contribution is 2.16. The van der Waals surface area contributed by atoms with Crippen molar-refractivity contribution in [3.8, 4) is 5.75 Å². The fourth-order valence-corrected chi connectivity index (χ4v) is 3.23. The van der Waals surface area contributed by atoms with Crippen LogP contribution in [-0.2, 0) is 27.4 Å². The fraction of sp³-hybridized carbons (Fsp3) is 0.231. The first-order chi connectivity index (χ1) is 15.6. The van der Waals surface area contributed by atoms with Crippen molar-refractivity contribution in [2.24, 2.45) is 0 Å². The average Bonchev–Trinajstić information content (AvgIpc) is 2.80. The largest absolute Gasteiger partial charge is 0.482 e. The van der Waals surface area contributed by atoms with Crippen molar-refractivity contribution in [2.45, 2.75) is 20.0 Å². The molecule has 0 atom stereocenters. The second-order valence-corrected chi connectivity index (χ2v) is 7.28. The number of nitrogens with one attached hydrogen (secondary N) is 1. The quantitative estimate of drug-likeness (QED) is 0.459. The van der Waals surface area contributed by atoms with Gasteiger partial charge in [-0.15, -0.1) is 0 Å². The van der Waals surface area contributed by atoms with E-state index in [2.05, 4.69) is 34.5 Å². The summed E-state index contributed by atoms with van der Waals surface area (Å²) in [6.07, 6.45) is 0. The molecule has 0 aliphatic rings. The van der Waals surface area contributed by atoms with E-state index in [1.165, 1.54) is 0 Å². The summed E-state index contributed by atoms with van der Waals surface area (Å²) in [5.74, 6) is 0.0182. The Balaban J connectivity index is 1.57. The molecule has 3 aromatic rings. The van der Waals surface area contributed by atoms with E-state index in [0.717, 1.165) is 11.1 Å². The Hall–Kier alpha value is -3.64. The number of rotatable bonds is 11. The Labute approximate surface area is 188 Å². The summed E-state index contributed by atoms with van der Waals surface area (Å²) in [7, 11) is 0. The number of ether oxygens (including phenoxy) is 2. The minimum absolute atomic E-state index is 0.0999. The second-order valence-electron chi connectivity index (χ2n) is 7.28. The Morgan fingerprint density at radius 2 is 1.38 bits per heavy atom. The lowest BCUT2D eigenvalue weighted by Gasteiger charge is -2.22. The van der Waals surface area contributed by atoms with Crippen LogP contribution in [0.1, 0.15) is 18.1 Å². The molecule has 0 aliphatic heterocycles. The summed E-state index contributed by atoms with van der Waals surface area (Å²) in [4.78, 5) is 26.2. The molecule has 32 heavy (non-hydrogen) atoms.